The number of ketones is 1. The lowest BCUT2D eigenvalue weighted by molar-refractivity contribution is -0.141. The lowest BCUT2D eigenvalue weighted by Crippen LogP contribution is -2.51. The van der Waals surface area contributed by atoms with Crippen LogP contribution in [0.15, 0.2) is 36.9 Å². The van der Waals surface area contributed by atoms with Gasteiger partial charge in [0.25, 0.3) is 0 Å². The highest BCUT2D eigenvalue weighted by Gasteiger charge is 2.64. The molecule has 0 aliphatic carbocycles. The van der Waals surface area contributed by atoms with Gasteiger partial charge in [-0.15, -0.1) is 6.58 Å². The number of fused-ring (bicyclic) bond motifs is 5. The molecule has 0 spiro atoms. The van der Waals surface area contributed by atoms with Gasteiger partial charge in [-0.05, 0) is 24.6 Å². The molecule has 28 heavy (non-hydrogen) atoms. The van der Waals surface area contributed by atoms with Crippen molar-refractivity contribution in [2.24, 2.45) is 17.3 Å². The summed E-state index contributed by atoms with van der Waals surface area (Å²) in [5.74, 6) is -1.65. The third-order valence-corrected chi connectivity index (χ3v) is 6.07. The number of imide groups is 1. The fourth-order valence-electron chi connectivity index (χ4n) is 4.81. The quantitative estimate of drug-likeness (QED) is 0.599. The lowest BCUT2D eigenvalue weighted by atomic mass is 9.79. The number of hydrogen-bond donors (Lipinski definition) is 0. The van der Waals surface area contributed by atoms with Gasteiger partial charge >= 0.3 is 0 Å². The van der Waals surface area contributed by atoms with Crippen LogP contribution in [0.3, 0.4) is 0 Å². The summed E-state index contributed by atoms with van der Waals surface area (Å²) < 4.78 is 0. The van der Waals surface area contributed by atoms with Crippen LogP contribution in [0.4, 0.5) is 5.69 Å². The number of benzene rings is 1. The molecule has 146 valence electrons. The van der Waals surface area contributed by atoms with Gasteiger partial charge in [0.05, 0.1) is 17.9 Å². The molecule has 3 heterocycles. The zero-order chi connectivity index (χ0) is 20.4. The van der Waals surface area contributed by atoms with Crippen LogP contribution in [0.25, 0.3) is 6.08 Å². The number of carbonyl (C=O) groups excluding carboxylic acids is 3. The molecule has 5 nitrogen and oxygen atoms in total. The summed E-state index contributed by atoms with van der Waals surface area (Å²) in [5, 5.41) is 0. The van der Waals surface area contributed by atoms with E-state index < -0.39 is 23.3 Å². The number of hydrogen-bond acceptors (Lipinski definition) is 4. The number of rotatable bonds is 3. The minimum Gasteiger partial charge on any atom is -0.353 e. The minimum atomic E-state index is -0.652. The second kappa shape index (κ2) is 6.16. The second-order valence-corrected chi connectivity index (χ2v) is 9.01. The van der Waals surface area contributed by atoms with Crippen molar-refractivity contribution < 1.29 is 14.4 Å². The SMILES string of the molecule is C=CCN1C(=O)[C@@H]2[C@H](C1=O)[C@@H]1C=Cc3cc(C)ccc3N1[C@@H]2C(=O)C(C)(C)C. The predicted octanol–water partition coefficient (Wildman–Crippen LogP) is 2.98. The van der Waals surface area contributed by atoms with Gasteiger partial charge in [-0.25, -0.2) is 0 Å². The van der Waals surface area contributed by atoms with Gasteiger partial charge in [0, 0.05) is 17.6 Å². The van der Waals surface area contributed by atoms with E-state index in [4.69, 9.17) is 0 Å². The first-order chi connectivity index (χ1) is 13.2. The summed E-state index contributed by atoms with van der Waals surface area (Å²) in [7, 11) is 0. The molecule has 1 aromatic rings. The molecule has 0 unspecified atom stereocenters. The van der Waals surface area contributed by atoms with Crippen LogP contribution in [0, 0.1) is 24.2 Å². The molecule has 4 atom stereocenters. The number of nitrogens with zero attached hydrogens (tertiary/aromatic N) is 2. The van der Waals surface area contributed by atoms with E-state index >= 15 is 0 Å². The van der Waals surface area contributed by atoms with Crippen molar-refractivity contribution in [1.29, 1.82) is 0 Å². The summed E-state index contributed by atoms with van der Waals surface area (Å²) in [5.41, 5.74) is 2.45. The fraction of sp³-hybridized carbons (Fsp3) is 0.435. The number of Topliss-reactive ketones (excluding diaryl/α,β-unsaturated/α-hetero) is 1. The first kappa shape index (κ1) is 18.7. The van der Waals surface area contributed by atoms with Crippen molar-refractivity contribution in [2.75, 3.05) is 11.4 Å². The van der Waals surface area contributed by atoms with Gasteiger partial charge in [-0.3, -0.25) is 19.3 Å². The van der Waals surface area contributed by atoms with Crippen molar-refractivity contribution >= 4 is 29.4 Å². The van der Waals surface area contributed by atoms with Gasteiger partial charge in [-0.1, -0.05) is 50.6 Å². The molecular formula is C23H26N2O3. The summed E-state index contributed by atoms with van der Waals surface area (Å²) >= 11 is 0. The first-order valence-electron chi connectivity index (χ1n) is 9.74. The van der Waals surface area contributed by atoms with Crippen molar-refractivity contribution in [3.8, 4) is 0 Å². The molecule has 4 rings (SSSR count). The molecule has 2 amide bonds. The maximum absolute atomic E-state index is 13.5. The Morgan fingerprint density at radius 2 is 1.86 bits per heavy atom. The zero-order valence-electron chi connectivity index (χ0n) is 16.8. The third kappa shape index (κ3) is 2.49. The largest absolute Gasteiger partial charge is 0.353 e. The smallest absolute Gasteiger partial charge is 0.236 e. The monoisotopic (exact) mass is 378 g/mol. The van der Waals surface area contributed by atoms with E-state index in [1.165, 1.54) is 4.90 Å². The predicted molar refractivity (Wildman–Crippen MR) is 109 cm³/mol. The van der Waals surface area contributed by atoms with E-state index in [0.29, 0.717) is 0 Å². The molecule has 0 N–H and O–H groups in total. The van der Waals surface area contributed by atoms with Crippen molar-refractivity contribution in [2.45, 2.75) is 39.8 Å². The van der Waals surface area contributed by atoms with Crippen LogP contribution in [0.2, 0.25) is 0 Å². The average molecular weight is 378 g/mol. The minimum absolute atomic E-state index is 0.00609. The first-order valence-corrected chi connectivity index (χ1v) is 9.74. The summed E-state index contributed by atoms with van der Waals surface area (Å²) in [6.45, 7) is 11.5. The number of likely N-dealkylation sites (tertiary alicyclic amines) is 1. The van der Waals surface area contributed by atoms with Gasteiger partial charge in [-0.2, -0.15) is 0 Å². The van der Waals surface area contributed by atoms with E-state index in [-0.39, 0.29) is 30.2 Å². The van der Waals surface area contributed by atoms with Gasteiger partial charge in [0.15, 0.2) is 5.78 Å². The number of anilines is 1. The normalized spacial score (nSPS) is 28.3. The third-order valence-electron chi connectivity index (χ3n) is 6.07. The van der Waals surface area contributed by atoms with Gasteiger partial charge in [0.1, 0.15) is 6.04 Å². The maximum atomic E-state index is 13.5. The Labute approximate surface area is 165 Å². The van der Waals surface area contributed by atoms with Crippen LogP contribution in [0.1, 0.15) is 31.9 Å². The summed E-state index contributed by atoms with van der Waals surface area (Å²) in [4.78, 5) is 43.1. The Morgan fingerprint density at radius 1 is 1.18 bits per heavy atom. The van der Waals surface area contributed by atoms with Crippen molar-refractivity contribution in [1.82, 2.24) is 4.90 Å². The Balaban J connectivity index is 1.88. The summed E-state index contributed by atoms with van der Waals surface area (Å²) in [6, 6.07) is 5.15. The van der Waals surface area contributed by atoms with Crippen LogP contribution < -0.4 is 4.90 Å². The zero-order valence-corrected chi connectivity index (χ0v) is 16.8. The molecule has 0 aromatic heterocycles. The van der Waals surface area contributed by atoms with E-state index in [2.05, 4.69) is 12.6 Å². The molecule has 0 bridgehead atoms. The van der Waals surface area contributed by atoms with Crippen molar-refractivity contribution in [3.63, 3.8) is 0 Å². The molecule has 2 fully saturated rings. The molecule has 0 saturated carbocycles. The van der Waals surface area contributed by atoms with E-state index in [9.17, 15) is 14.4 Å². The maximum Gasteiger partial charge on any atom is 0.236 e. The Bertz CT molecular complexity index is 924. The fourth-order valence-corrected chi connectivity index (χ4v) is 4.81. The van der Waals surface area contributed by atoms with Crippen LogP contribution in [-0.4, -0.2) is 41.1 Å². The highest BCUT2D eigenvalue weighted by molar-refractivity contribution is 6.11. The Hall–Kier alpha value is -2.69. The summed E-state index contributed by atoms with van der Waals surface area (Å²) in [6.07, 6.45) is 5.56. The molecule has 1 aromatic carbocycles. The lowest BCUT2D eigenvalue weighted by Gasteiger charge is -2.38. The van der Waals surface area contributed by atoms with E-state index in [1.807, 2.05) is 56.9 Å². The topological polar surface area (TPSA) is 57.7 Å². The second-order valence-electron chi connectivity index (χ2n) is 9.01. The van der Waals surface area contributed by atoms with E-state index in [0.717, 1.165) is 16.8 Å². The van der Waals surface area contributed by atoms with Crippen molar-refractivity contribution in [3.05, 3.63) is 48.1 Å². The highest BCUT2D eigenvalue weighted by atomic mass is 16.2. The van der Waals surface area contributed by atoms with Gasteiger partial charge < -0.3 is 4.90 Å². The van der Waals surface area contributed by atoms with Gasteiger partial charge in [0.2, 0.25) is 11.8 Å². The van der Waals surface area contributed by atoms with E-state index in [1.54, 1.807) is 6.08 Å². The standard InChI is InChI=1S/C23H26N2O3/c1-6-11-24-21(27)17-16-10-8-14-12-13(2)7-9-15(14)25(16)19(18(17)22(24)28)20(26)23(3,4)5/h6-10,12,16-19H,1,11H2,2-5H3/t16-,17+,18+,19-/m0/s1. The highest BCUT2D eigenvalue weighted by Crippen LogP contribution is 2.49. The molecular weight excluding hydrogens is 352 g/mol. The Kier molecular flexibility index (Phi) is 4.11. The molecule has 0 radical (unpaired) electrons. The Morgan fingerprint density at radius 3 is 2.50 bits per heavy atom. The van der Waals surface area contributed by atoms with Crippen LogP contribution >= 0.6 is 0 Å². The average Bonchev–Trinajstić information content (AvgIpc) is 3.09. The molecule has 2 saturated heterocycles. The molecule has 5 heteroatoms. The van der Waals surface area contributed by atoms with Crippen LogP contribution in [0.5, 0.6) is 0 Å². The molecule has 3 aliphatic rings. The number of aryl methyl sites for hydroxylation is 1. The van der Waals surface area contributed by atoms with Crippen LogP contribution in [-0.2, 0) is 14.4 Å². The molecule has 3 aliphatic heterocycles. The number of amides is 2. The number of carbonyl (C=O) groups is 3.